The zero-order valence-electron chi connectivity index (χ0n) is 7.88. The van der Waals surface area contributed by atoms with Gasteiger partial charge in [0.1, 0.15) is 5.03 Å². The molecule has 0 unspecified atom stereocenters. The van der Waals surface area contributed by atoms with Gasteiger partial charge in [-0.1, -0.05) is 36.0 Å². The minimum absolute atomic E-state index is 0.225. The minimum atomic E-state index is -0.352. The molecule has 1 amide bonds. The predicted molar refractivity (Wildman–Crippen MR) is 59.5 cm³/mol. The van der Waals surface area contributed by atoms with Crippen molar-refractivity contribution in [2.24, 2.45) is 5.73 Å². The second kappa shape index (κ2) is 4.27. The van der Waals surface area contributed by atoms with Gasteiger partial charge in [-0.25, -0.2) is 0 Å². The van der Waals surface area contributed by atoms with Crippen LogP contribution in [0.4, 0.5) is 0 Å². The van der Waals surface area contributed by atoms with Crippen LogP contribution in [0.5, 0.6) is 0 Å². The Labute approximate surface area is 90.9 Å². The van der Waals surface area contributed by atoms with Gasteiger partial charge < -0.3 is 5.73 Å². The number of nitrogens with two attached hydrogens (primary N) is 1. The number of carbonyl (C=O) groups excluding carboxylic acids is 1. The number of hydrogen-bond donors (Lipinski definition) is 1. The minimum Gasteiger partial charge on any atom is -0.369 e. The van der Waals surface area contributed by atoms with Gasteiger partial charge in [0.25, 0.3) is 0 Å². The van der Waals surface area contributed by atoms with E-state index in [9.17, 15) is 4.79 Å². The zero-order valence-corrected chi connectivity index (χ0v) is 8.70. The quantitative estimate of drug-likeness (QED) is 0.788. The van der Waals surface area contributed by atoms with E-state index in [2.05, 4.69) is 10.2 Å². The van der Waals surface area contributed by atoms with E-state index >= 15 is 0 Å². The Bertz CT molecular complexity index is 495. The van der Waals surface area contributed by atoms with E-state index in [-0.39, 0.29) is 11.7 Å². The Morgan fingerprint density at radius 1 is 1.40 bits per heavy atom. The van der Waals surface area contributed by atoms with Crippen LogP contribution in [-0.2, 0) is 4.79 Å². The van der Waals surface area contributed by atoms with Gasteiger partial charge in [-0.15, -0.1) is 5.10 Å². The highest BCUT2D eigenvalue weighted by Gasteiger charge is 2.04. The first-order valence-corrected chi connectivity index (χ1v) is 5.37. The highest BCUT2D eigenvalue weighted by molar-refractivity contribution is 8.00. The van der Waals surface area contributed by atoms with E-state index in [1.54, 1.807) is 6.20 Å². The number of primary amides is 1. The van der Waals surface area contributed by atoms with Crippen LogP contribution in [0.1, 0.15) is 0 Å². The number of fused-ring (bicyclic) bond motifs is 1. The summed E-state index contributed by atoms with van der Waals surface area (Å²) in [5, 5.41) is 10.6. The molecule has 0 fully saturated rings. The summed E-state index contributed by atoms with van der Waals surface area (Å²) in [6.45, 7) is 0. The largest absolute Gasteiger partial charge is 0.369 e. The van der Waals surface area contributed by atoms with E-state index in [4.69, 9.17) is 5.73 Å². The molecule has 0 atom stereocenters. The van der Waals surface area contributed by atoms with Crippen LogP contribution in [-0.4, -0.2) is 21.9 Å². The number of aromatic nitrogens is 2. The summed E-state index contributed by atoms with van der Waals surface area (Å²) in [5.41, 5.74) is 5.08. The summed E-state index contributed by atoms with van der Waals surface area (Å²) in [6, 6.07) is 7.77. The first-order chi connectivity index (χ1) is 7.27. The van der Waals surface area contributed by atoms with Gasteiger partial charge in [0.15, 0.2) is 0 Å². The van der Waals surface area contributed by atoms with Gasteiger partial charge in [0.2, 0.25) is 5.91 Å². The summed E-state index contributed by atoms with van der Waals surface area (Å²) >= 11 is 1.31. The molecule has 0 saturated heterocycles. The molecule has 1 aromatic carbocycles. The second-order valence-electron chi connectivity index (χ2n) is 2.99. The second-order valence-corrected chi connectivity index (χ2v) is 3.96. The lowest BCUT2D eigenvalue weighted by Gasteiger charge is -2.01. The molecule has 2 N–H and O–H groups in total. The van der Waals surface area contributed by atoms with Crippen molar-refractivity contribution in [2.75, 3.05) is 5.75 Å². The lowest BCUT2D eigenvalue weighted by atomic mass is 10.2. The number of hydrogen-bond acceptors (Lipinski definition) is 4. The van der Waals surface area contributed by atoms with Gasteiger partial charge in [-0.2, -0.15) is 5.10 Å². The third-order valence-electron chi connectivity index (χ3n) is 1.89. The summed E-state index contributed by atoms with van der Waals surface area (Å²) in [5.74, 6) is -0.127. The van der Waals surface area contributed by atoms with Crippen molar-refractivity contribution in [3.05, 3.63) is 30.5 Å². The van der Waals surface area contributed by atoms with Crippen LogP contribution >= 0.6 is 11.8 Å². The average molecular weight is 219 g/mol. The molecule has 5 heteroatoms. The van der Waals surface area contributed by atoms with Crippen LogP contribution in [0.15, 0.2) is 35.5 Å². The molecule has 2 aromatic rings. The van der Waals surface area contributed by atoms with Crippen molar-refractivity contribution in [1.29, 1.82) is 0 Å². The van der Waals surface area contributed by atoms with Gasteiger partial charge in [-0.05, 0) is 0 Å². The maximum Gasteiger partial charge on any atom is 0.227 e. The summed E-state index contributed by atoms with van der Waals surface area (Å²) in [6.07, 6.45) is 1.70. The maximum atomic E-state index is 10.7. The third kappa shape index (κ3) is 2.24. The van der Waals surface area contributed by atoms with Crippen LogP contribution in [0.3, 0.4) is 0 Å². The maximum absolute atomic E-state index is 10.7. The molecule has 15 heavy (non-hydrogen) atoms. The van der Waals surface area contributed by atoms with Gasteiger partial charge in [0, 0.05) is 10.8 Å². The number of nitrogens with zero attached hydrogens (tertiary/aromatic N) is 2. The van der Waals surface area contributed by atoms with Crippen LogP contribution in [0, 0.1) is 0 Å². The van der Waals surface area contributed by atoms with Crippen molar-refractivity contribution in [3.8, 4) is 0 Å². The molecule has 76 valence electrons. The number of thioether (sulfide) groups is 1. The van der Waals surface area contributed by atoms with Crippen LogP contribution in [0.25, 0.3) is 10.8 Å². The monoisotopic (exact) mass is 219 g/mol. The molecular formula is C10H9N3OS. The lowest BCUT2D eigenvalue weighted by Crippen LogP contribution is -2.13. The zero-order chi connectivity index (χ0) is 10.7. The molecule has 0 aliphatic carbocycles. The summed E-state index contributed by atoms with van der Waals surface area (Å²) in [7, 11) is 0. The Morgan fingerprint density at radius 3 is 3.00 bits per heavy atom. The van der Waals surface area contributed by atoms with Crippen molar-refractivity contribution in [3.63, 3.8) is 0 Å². The van der Waals surface area contributed by atoms with Crippen LogP contribution < -0.4 is 5.73 Å². The molecular weight excluding hydrogens is 210 g/mol. The predicted octanol–water partition coefficient (Wildman–Crippen LogP) is 1.21. The fourth-order valence-corrected chi connectivity index (χ4v) is 1.97. The summed E-state index contributed by atoms with van der Waals surface area (Å²) < 4.78 is 0. The molecule has 2 rings (SSSR count). The molecule has 0 saturated carbocycles. The van der Waals surface area contributed by atoms with E-state index in [0.29, 0.717) is 0 Å². The topological polar surface area (TPSA) is 68.9 Å². The molecule has 0 radical (unpaired) electrons. The molecule has 0 spiro atoms. The first kappa shape index (κ1) is 9.92. The van der Waals surface area contributed by atoms with E-state index < -0.39 is 0 Å². The first-order valence-electron chi connectivity index (χ1n) is 4.39. The smallest absolute Gasteiger partial charge is 0.227 e. The van der Waals surface area contributed by atoms with Crippen molar-refractivity contribution in [2.45, 2.75) is 5.03 Å². The van der Waals surface area contributed by atoms with Gasteiger partial charge in [-0.3, -0.25) is 4.79 Å². The van der Waals surface area contributed by atoms with Crippen molar-refractivity contribution >= 4 is 28.4 Å². The molecule has 1 aromatic heterocycles. The Kier molecular flexibility index (Phi) is 2.82. The highest BCUT2D eigenvalue weighted by Crippen LogP contribution is 2.23. The van der Waals surface area contributed by atoms with Crippen LogP contribution in [0.2, 0.25) is 0 Å². The fourth-order valence-electron chi connectivity index (χ4n) is 1.25. The number of benzene rings is 1. The molecule has 1 heterocycles. The SMILES string of the molecule is NC(=O)CSc1nncc2ccccc12. The molecule has 4 nitrogen and oxygen atoms in total. The molecule has 0 aliphatic rings. The standard InChI is InChI=1S/C10H9N3OS/c11-9(14)6-15-10-8-4-2-1-3-7(8)5-12-13-10/h1-5H,6H2,(H2,11,14). The Balaban J connectivity index is 2.38. The molecule has 0 bridgehead atoms. The lowest BCUT2D eigenvalue weighted by molar-refractivity contribution is -0.115. The van der Waals surface area contributed by atoms with E-state index in [1.807, 2.05) is 24.3 Å². The number of rotatable bonds is 3. The third-order valence-corrected chi connectivity index (χ3v) is 2.89. The van der Waals surface area contributed by atoms with E-state index in [1.165, 1.54) is 11.8 Å². The fraction of sp³-hybridized carbons (Fsp3) is 0.100. The average Bonchev–Trinajstić information content (AvgIpc) is 2.26. The Morgan fingerprint density at radius 2 is 2.20 bits per heavy atom. The normalized spacial score (nSPS) is 10.4. The molecule has 0 aliphatic heterocycles. The number of amides is 1. The number of carbonyl (C=O) groups is 1. The van der Waals surface area contributed by atoms with Gasteiger partial charge in [0.05, 0.1) is 11.9 Å². The van der Waals surface area contributed by atoms with Crippen molar-refractivity contribution < 1.29 is 4.79 Å². The Hall–Kier alpha value is -1.62. The van der Waals surface area contributed by atoms with Crippen molar-refractivity contribution in [1.82, 2.24) is 10.2 Å². The highest BCUT2D eigenvalue weighted by atomic mass is 32.2. The summed E-state index contributed by atoms with van der Waals surface area (Å²) in [4.78, 5) is 10.7. The van der Waals surface area contributed by atoms with Gasteiger partial charge >= 0.3 is 0 Å². The van der Waals surface area contributed by atoms with E-state index in [0.717, 1.165) is 15.8 Å².